The van der Waals surface area contributed by atoms with Crippen molar-refractivity contribution < 1.29 is 14.7 Å². The first-order chi connectivity index (χ1) is 9.51. The lowest BCUT2D eigenvalue weighted by Gasteiger charge is -2.17. The van der Waals surface area contributed by atoms with Crippen LogP contribution in [0.5, 0.6) is 0 Å². The number of hydrogen-bond acceptors (Lipinski definition) is 5. The SMILES string of the molecule is CCCN(CC(=O)O)C(=O)c1nc2ncc(Br)cn2n1. The van der Waals surface area contributed by atoms with E-state index >= 15 is 0 Å². The number of amides is 1. The highest BCUT2D eigenvalue weighted by Gasteiger charge is 2.22. The van der Waals surface area contributed by atoms with Crippen LogP contribution in [0.4, 0.5) is 0 Å². The third-order valence-corrected chi connectivity index (χ3v) is 2.87. The molecule has 8 nitrogen and oxygen atoms in total. The van der Waals surface area contributed by atoms with Gasteiger partial charge in [0.25, 0.3) is 11.7 Å². The van der Waals surface area contributed by atoms with Gasteiger partial charge in [0.15, 0.2) is 0 Å². The monoisotopic (exact) mass is 341 g/mol. The van der Waals surface area contributed by atoms with Crippen molar-refractivity contribution >= 4 is 33.6 Å². The van der Waals surface area contributed by atoms with Gasteiger partial charge in [-0.15, -0.1) is 5.10 Å². The van der Waals surface area contributed by atoms with Crippen molar-refractivity contribution in [3.05, 3.63) is 22.7 Å². The summed E-state index contributed by atoms with van der Waals surface area (Å²) in [5.74, 6) is -1.37. The van der Waals surface area contributed by atoms with E-state index in [1.807, 2.05) is 6.92 Å². The normalized spacial score (nSPS) is 10.7. The molecular weight excluding hydrogens is 330 g/mol. The molecule has 0 aliphatic heterocycles. The molecule has 1 N–H and O–H groups in total. The number of halogens is 1. The highest BCUT2D eigenvalue weighted by molar-refractivity contribution is 9.10. The predicted molar refractivity (Wildman–Crippen MR) is 72.3 cm³/mol. The number of rotatable bonds is 5. The fourth-order valence-electron chi connectivity index (χ4n) is 1.68. The van der Waals surface area contributed by atoms with E-state index in [4.69, 9.17) is 5.11 Å². The zero-order valence-electron chi connectivity index (χ0n) is 10.7. The van der Waals surface area contributed by atoms with Gasteiger partial charge in [-0.3, -0.25) is 9.59 Å². The van der Waals surface area contributed by atoms with Crippen molar-refractivity contribution in [3.63, 3.8) is 0 Å². The number of carbonyl (C=O) groups is 2. The van der Waals surface area contributed by atoms with Crippen LogP contribution in [0.1, 0.15) is 24.0 Å². The average Bonchev–Trinajstić information content (AvgIpc) is 2.79. The first-order valence-corrected chi connectivity index (χ1v) is 6.69. The lowest BCUT2D eigenvalue weighted by atomic mass is 10.3. The van der Waals surface area contributed by atoms with Gasteiger partial charge in [-0.2, -0.15) is 4.98 Å². The molecule has 2 aromatic rings. The molecule has 106 valence electrons. The van der Waals surface area contributed by atoms with Gasteiger partial charge in [-0.05, 0) is 22.4 Å². The molecule has 9 heteroatoms. The maximum Gasteiger partial charge on any atom is 0.323 e. The summed E-state index contributed by atoms with van der Waals surface area (Å²) >= 11 is 3.24. The van der Waals surface area contributed by atoms with Crippen LogP contribution in [0.25, 0.3) is 5.78 Å². The van der Waals surface area contributed by atoms with Crippen LogP contribution in [-0.4, -0.2) is 54.6 Å². The van der Waals surface area contributed by atoms with Crippen LogP contribution >= 0.6 is 15.9 Å². The fraction of sp³-hybridized carbons (Fsp3) is 0.364. The number of carboxylic acids is 1. The van der Waals surface area contributed by atoms with Crippen LogP contribution in [0.3, 0.4) is 0 Å². The second-order valence-electron chi connectivity index (χ2n) is 4.07. The number of carboxylic acid groups (broad SMARTS) is 1. The highest BCUT2D eigenvalue weighted by Crippen LogP contribution is 2.09. The van der Waals surface area contributed by atoms with Crippen molar-refractivity contribution in [3.8, 4) is 0 Å². The Bertz CT molecular complexity index is 657. The van der Waals surface area contributed by atoms with Crippen molar-refractivity contribution in [2.24, 2.45) is 0 Å². The maximum atomic E-state index is 12.2. The van der Waals surface area contributed by atoms with Gasteiger partial charge in [0.05, 0.1) is 4.47 Å². The van der Waals surface area contributed by atoms with E-state index in [2.05, 4.69) is 31.0 Å². The summed E-state index contributed by atoms with van der Waals surface area (Å²) in [5.41, 5.74) is 0. The molecule has 2 heterocycles. The Morgan fingerprint density at radius 2 is 2.25 bits per heavy atom. The van der Waals surface area contributed by atoms with Crippen LogP contribution in [0, 0.1) is 0 Å². The minimum Gasteiger partial charge on any atom is -0.480 e. The van der Waals surface area contributed by atoms with E-state index in [1.165, 1.54) is 9.42 Å². The smallest absolute Gasteiger partial charge is 0.323 e. The third-order valence-electron chi connectivity index (χ3n) is 2.46. The van der Waals surface area contributed by atoms with Crippen LogP contribution < -0.4 is 0 Å². The Hall–Kier alpha value is -2.03. The topological polar surface area (TPSA) is 101 Å². The standard InChI is InChI=1S/C11H12BrN5O3/c1-2-3-16(6-8(18)19)10(20)9-14-11-13-4-7(12)5-17(11)15-9/h4-5H,2-3,6H2,1H3,(H,18,19). The van der Waals surface area contributed by atoms with Gasteiger partial charge in [0, 0.05) is 18.9 Å². The molecule has 0 radical (unpaired) electrons. The van der Waals surface area contributed by atoms with Gasteiger partial charge in [0.1, 0.15) is 6.54 Å². The van der Waals surface area contributed by atoms with E-state index in [9.17, 15) is 9.59 Å². The van der Waals surface area contributed by atoms with Crippen LogP contribution in [0.15, 0.2) is 16.9 Å². The number of hydrogen-bond donors (Lipinski definition) is 1. The second kappa shape index (κ2) is 5.95. The summed E-state index contributed by atoms with van der Waals surface area (Å²) in [4.78, 5) is 32.2. The van der Waals surface area contributed by atoms with Crippen molar-refractivity contribution in [1.82, 2.24) is 24.5 Å². The fourth-order valence-corrected chi connectivity index (χ4v) is 1.97. The van der Waals surface area contributed by atoms with E-state index in [0.717, 1.165) is 0 Å². The van der Waals surface area contributed by atoms with E-state index in [-0.39, 0.29) is 18.1 Å². The molecule has 0 aliphatic carbocycles. The molecule has 1 amide bonds. The Morgan fingerprint density at radius 1 is 1.50 bits per heavy atom. The van der Waals surface area contributed by atoms with Gasteiger partial charge in [-0.1, -0.05) is 6.92 Å². The van der Waals surface area contributed by atoms with E-state index in [0.29, 0.717) is 17.4 Å². The molecule has 0 saturated carbocycles. The number of carbonyl (C=O) groups excluding carboxylic acids is 1. The molecule has 0 saturated heterocycles. The molecular formula is C11H12BrN5O3. The van der Waals surface area contributed by atoms with E-state index in [1.54, 1.807) is 12.4 Å². The molecule has 0 spiro atoms. The number of nitrogens with zero attached hydrogens (tertiary/aromatic N) is 5. The first-order valence-electron chi connectivity index (χ1n) is 5.90. The van der Waals surface area contributed by atoms with Gasteiger partial charge < -0.3 is 10.0 Å². The molecule has 0 atom stereocenters. The Morgan fingerprint density at radius 3 is 2.90 bits per heavy atom. The number of fused-ring (bicyclic) bond motifs is 1. The lowest BCUT2D eigenvalue weighted by molar-refractivity contribution is -0.137. The van der Waals surface area contributed by atoms with Crippen LogP contribution in [-0.2, 0) is 4.79 Å². The van der Waals surface area contributed by atoms with Crippen molar-refractivity contribution in [2.75, 3.05) is 13.1 Å². The summed E-state index contributed by atoms with van der Waals surface area (Å²) in [6, 6.07) is 0. The molecule has 0 aliphatic rings. The Labute approximate surface area is 122 Å². The molecule has 0 bridgehead atoms. The van der Waals surface area contributed by atoms with Crippen LogP contribution in [0.2, 0.25) is 0 Å². The average molecular weight is 342 g/mol. The molecule has 20 heavy (non-hydrogen) atoms. The number of aromatic nitrogens is 4. The predicted octanol–water partition coefficient (Wildman–Crippen LogP) is 0.824. The number of aliphatic carboxylic acids is 1. The minimum absolute atomic E-state index is 0.0645. The maximum absolute atomic E-state index is 12.2. The van der Waals surface area contributed by atoms with Gasteiger partial charge >= 0.3 is 5.97 Å². The van der Waals surface area contributed by atoms with Crippen molar-refractivity contribution in [1.29, 1.82) is 0 Å². The second-order valence-corrected chi connectivity index (χ2v) is 4.99. The molecule has 0 unspecified atom stereocenters. The molecule has 2 rings (SSSR count). The first kappa shape index (κ1) is 14.4. The summed E-state index contributed by atoms with van der Waals surface area (Å²) in [6.45, 7) is 1.81. The zero-order valence-corrected chi connectivity index (χ0v) is 12.2. The highest BCUT2D eigenvalue weighted by atomic mass is 79.9. The molecule has 0 fully saturated rings. The van der Waals surface area contributed by atoms with Gasteiger partial charge in [-0.25, -0.2) is 9.50 Å². The summed E-state index contributed by atoms with van der Waals surface area (Å²) in [5, 5.41) is 12.8. The minimum atomic E-state index is -1.07. The quantitative estimate of drug-likeness (QED) is 0.864. The summed E-state index contributed by atoms with van der Waals surface area (Å²) in [6.07, 6.45) is 3.81. The van der Waals surface area contributed by atoms with Crippen molar-refractivity contribution in [2.45, 2.75) is 13.3 Å². The Balaban J connectivity index is 2.30. The molecule has 2 aromatic heterocycles. The van der Waals surface area contributed by atoms with E-state index < -0.39 is 11.9 Å². The zero-order chi connectivity index (χ0) is 14.7. The largest absolute Gasteiger partial charge is 0.480 e. The lowest BCUT2D eigenvalue weighted by Crippen LogP contribution is -2.36. The van der Waals surface area contributed by atoms with Gasteiger partial charge in [0.2, 0.25) is 5.82 Å². The molecule has 0 aromatic carbocycles. The summed E-state index contributed by atoms with van der Waals surface area (Å²) < 4.78 is 2.06. The summed E-state index contributed by atoms with van der Waals surface area (Å²) in [7, 11) is 0. The Kier molecular flexibility index (Phi) is 4.28. The third kappa shape index (κ3) is 3.10.